The fraction of sp³-hybridized carbons (Fsp3) is 0.444. The van der Waals surface area contributed by atoms with Gasteiger partial charge in [-0.25, -0.2) is 9.37 Å². The third-order valence-electron chi connectivity index (χ3n) is 4.46. The van der Waals surface area contributed by atoms with E-state index < -0.39 is 0 Å². The third kappa shape index (κ3) is 3.82. The van der Waals surface area contributed by atoms with Gasteiger partial charge in [-0.3, -0.25) is 4.79 Å². The van der Waals surface area contributed by atoms with E-state index in [1.165, 1.54) is 23.5 Å². The Morgan fingerprint density at radius 1 is 1.33 bits per heavy atom. The molecule has 1 aliphatic heterocycles. The molecule has 0 spiro atoms. The number of benzene rings is 1. The first-order valence-electron chi connectivity index (χ1n) is 8.17. The molecule has 1 aromatic heterocycles. The Morgan fingerprint density at radius 3 is 2.62 bits per heavy atom. The van der Waals surface area contributed by atoms with Crippen LogP contribution < -0.4 is 0 Å². The molecule has 0 aliphatic carbocycles. The van der Waals surface area contributed by atoms with Gasteiger partial charge in [0.25, 0.3) is 5.91 Å². The second-order valence-corrected chi connectivity index (χ2v) is 7.33. The first-order valence-corrected chi connectivity index (χ1v) is 8.99. The van der Waals surface area contributed by atoms with Crippen LogP contribution in [-0.2, 0) is 6.42 Å². The van der Waals surface area contributed by atoms with Gasteiger partial charge in [-0.15, -0.1) is 11.3 Å². The molecule has 6 heteroatoms. The Bertz CT molecular complexity index is 706. The predicted octanol–water partition coefficient (Wildman–Crippen LogP) is 3.03. The van der Waals surface area contributed by atoms with Gasteiger partial charge in [0.05, 0.1) is 10.7 Å². The quantitative estimate of drug-likeness (QED) is 0.924. The summed E-state index contributed by atoms with van der Waals surface area (Å²) in [6.45, 7) is 3.44. The van der Waals surface area contributed by atoms with Crippen LogP contribution in [-0.4, -0.2) is 40.6 Å². The summed E-state index contributed by atoms with van der Waals surface area (Å²) >= 11 is 1.42. The molecule has 0 atom stereocenters. The van der Waals surface area contributed by atoms with Crippen molar-refractivity contribution in [2.24, 2.45) is 5.92 Å². The smallest absolute Gasteiger partial charge is 0.265 e. The molecule has 2 aromatic rings. The summed E-state index contributed by atoms with van der Waals surface area (Å²) < 4.78 is 13.0. The molecule has 1 aromatic carbocycles. The van der Waals surface area contributed by atoms with Crippen LogP contribution in [0.2, 0.25) is 0 Å². The monoisotopic (exact) mass is 348 g/mol. The summed E-state index contributed by atoms with van der Waals surface area (Å²) in [6, 6.07) is 6.36. The van der Waals surface area contributed by atoms with Gasteiger partial charge in [-0.1, -0.05) is 12.1 Å². The number of amides is 1. The standard InChI is InChI=1S/C18H21FN2O2S/c1-12-17(18(23)21-8-6-14(11-22)7-9-21)24-16(20-12)10-13-2-4-15(19)5-3-13/h2-5,14,22H,6-11H2,1H3. The van der Waals surface area contributed by atoms with Crippen molar-refractivity contribution in [1.82, 2.24) is 9.88 Å². The van der Waals surface area contributed by atoms with Crippen molar-refractivity contribution in [1.29, 1.82) is 0 Å². The van der Waals surface area contributed by atoms with Gasteiger partial charge >= 0.3 is 0 Å². The van der Waals surface area contributed by atoms with Gasteiger partial charge in [-0.05, 0) is 43.4 Å². The Balaban J connectivity index is 1.69. The summed E-state index contributed by atoms with van der Waals surface area (Å²) in [5, 5.41) is 10.1. The Hall–Kier alpha value is -1.79. The van der Waals surface area contributed by atoms with Gasteiger partial charge in [0.15, 0.2) is 0 Å². The molecular weight excluding hydrogens is 327 g/mol. The van der Waals surface area contributed by atoms with Crippen molar-refractivity contribution in [2.45, 2.75) is 26.2 Å². The van der Waals surface area contributed by atoms with Crippen molar-refractivity contribution >= 4 is 17.2 Å². The molecule has 0 bridgehead atoms. The number of carbonyl (C=O) groups is 1. The van der Waals surface area contributed by atoms with E-state index in [0.717, 1.165) is 29.1 Å². The molecule has 1 fully saturated rings. The van der Waals surface area contributed by atoms with E-state index >= 15 is 0 Å². The zero-order chi connectivity index (χ0) is 17.1. The lowest BCUT2D eigenvalue weighted by atomic mass is 9.98. The number of rotatable bonds is 4. The van der Waals surface area contributed by atoms with Crippen LogP contribution in [0, 0.1) is 18.7 Å². The van der Waals surface area contributed by atoms with Gasteiger partial charge in [-0.2, -0.15) is 0 Å². The number of halogens is 1. The van der Waals surface area contributed by atoms with Crippen LogP contribution in [0.25, 0.3) is 0 Å². The number of aliphatic hydroxyl groups is 1. The summed E-state index contributed by atoms with van der Waals surface area (Å²) in [7, 11) is 0. The first kappa shape index (κ1) is 17.0. The van der Waals surface area contributed by atoms with Crippen molar-refractivity contribution in [2.75, 3.05) is 19.7 Å². The lowest BCUT2D eigenvalue weighted by molar-refractivity contribution is 0.0654. The van der Waals surface area contributed by atoms with Crippen LogP contribution in [0.3, 0.4) is 0 Å². The van der Waals surface area contributed by atoms with Crippen molar-refractivity contribution in [3.63, 3.8) is 0 Å². The number of likely N-dealkylation sites (tertiary alicyclic amines) is 1. The zero-order valence-corrected chi connectivity index (χ0v) is 14.5. The molecule has 1 amide bonds. The molecule has 0 radical (unpaired) electrons. The SMILES string of the molecule is Cc1nc(Cc2ccc(F)cc2)sc1C(=O)N1CCC(CO)CC1. The fourth-order valence-corrected chi connectivity index (χ4v) is 4.03. The highest BCUT2D eigenvalue weighted by molar-refractivity contribution is 7.13. The van der Waals surface area contributed by atoms with E-state index in [2.05, 4.69) is 4.98 Å². The van der Waals surface area contributed by atoms with Gasteiger partial charge < -0.3 is 10.0 Å². The van der Waals surface area contributed by atoms with E-state index in [1.54, 1.807) is 12.1 Å². The normalized spacial score (nSPS) is 15.7. The summed E-state index contributed by atoms with van der Waals surface area (Å²) in [5.74, 6) is 0.0913. The minimum absolute atomic E-state index is 0.0340. The van der Waals surface area contributed by atoms with E-state index in [1.807, 2.05) is 11.8 Å². The van der Waals surface area contributed by atoms with Crippen LogP contribution >= 0.6 is 11.3 Å². The summed E-state index contributed by atoms with van der Waals surface area (Å²) in [6.07, 6.45) is 2.30. The average Bonchev–Trinajstić information content (AvgIpc) is 2.96. The molecule has 1 N–H and O–H groups in total. The molecule has 24 heavy (non-hydrogen) atoms. The lowest BCUT2D eigenvalue weighted by Gasteiger charge is -2.30. The average molecular weight is 348 g/mol. The number of carbonyl (C=O) groups excluding carboxylic acids is 1. The molecule has 0 unspecified atom stereocenters. The minimum atomic E-state index is -0.254. The highest BCUT2D eigenvalue weighted by atomic mass is 32.1. The Labute approximate surface area is 145 Å². The molecule has 4 nitrogen and oxygen atoms in total. The number of thiazole rings is 1. The lowest BCUT2D eigenvalue weighted by Crippen LogP contribution is -2.39. The maximum Gasteiger partial charge on any atom is 0.265 e. The number of hydrogen-bond acceptors (Lipinski definition) is 4. The van der Waals surface area contributed by atoms with Crippen LogP contribution in [0.15, 0.2) is 24.3 Å². The van der Waals surface area contributed by atoms with Gasteiger partial charge in [0.1, 0.15) is 10.7 Å². The minimum Gasteiger partial charge on any atom is -0.396 e. The highest BCUT2D eigenvalue weighted by Crippen LogP contribution is 2.25. The molecular formula is C18H21FN2O2S. The van der Waals surface area contributed by atoms with E-state index in [9.17, 15) is 14.3 Å². The number of hydrogen-bond donors (Lipinski definition) is 1. The van der Waals surface area contributed by atoms with E-state index in [4.69, 9.17) is 0 Å². The van der Waals surface area contributed by atoms with Gasteiger partial charge in [0.2, 0.25) is 0 Å². The van der Waals surface area contributed by atoms with E-state index in [0.29, 0.717) is 30.3 Å². The van der Waals surface area contributed by atoms with E-state index in [-0.39, 0.29) is 18.3 Å². The largest absolute Gasteiger partial charge is 0.396 e. The van der Waals surface area contributed by atoms with Crippen molar-refractivity contribution < 1.29 is 14.3 Å². The van der Waals surface area contributed by atoms with Crippen LogP contribution in [0.1, 0.15) is 38.8 Å². The molecule has 0 saturated carbocycles. The fourth-order valence-electron chi connectivity index (χ4n) is 2.97. The molecule has 1 aliphatic rings. The second kappa shape index (κ2) is 7.40. The maximum absolute atomic E-state index is 13.0. The molecule has 128 valence electrons. The molecule has 3 rings (SSSR count). The summed E-state index contributed by atoms with van der Waals surface area (Å²) in [4.78, 5) is 19.8. The highest BCUT2D eigenvalue weighted by Gasteiger charge is 2.26. The van der Waals surface area contributed by atoms with Crippen molar-refractivity contribution in [3.8, 4) is 0 Å². The number of aliphatic hydroxyl groups excluding tert-OH is 1. The van der Waals surface area contributed by atoms with Crippen molar-refractivity contribution in [3.05, 3.63) is 51.2 Å². The second-order valence-electron chi connectivity index (χ2n) is 6.24. The predicted molar refractivity (Wildman–Crippen MR) is 91.8 cm³/mol. The summed E-state index contributed by atoms with van der Waals surface area (Å²) in [5.41, 5.74) is 1.74. The number of aryl methyl sites for hydroxylation is 1. The maximum atomic E-state index is 13.0. The zero-order valence-electron chi connectivity index (χ0n) is 13.7. The topological polar surface area (TPSA) is 53.4 Å². The Morgan fingerprint density at radius 2 is 2.00 bits per heavy atom. The number of piperidine rings is 1. The number of nitrogens with zero attached hydrogens (tertiary/aromatic N) is 2. The van der Waals surface area contributed by atoms with Crippen LogP contribution in [0.4, 0.5) is 4.39 Å². The van der Waals surface area contributed by atoms with Crippen LogP contribution in [0.5, 0.6) is 0 Å². The Kier molecular flexibility index (Phi) is 5.26. The molecule has 1 saturated heterocycles. The first-order chi connectivity index (χ1) is 11.6. The van der Waals surface area contributed by atoms with Gasteiger partial charge in [0, 0.05) is 26.1 Å². The third-order valence-corrected chi connectivity index (χ3v) is 5.61. The molecule has 2 heterocycles. The number of aromatic nitrogens is 1.